The van der Waals surface area contributed by atoms with E-state index in [1.165, 1.54) is 50.4 Å². The van der Waals surface area contributed by atoms with Crippen molar-refractivity contribution < 1.29 is 0 Å². The van der Waals surface area contributed by atoms with Gasteiger partial charge in [-0.05, 0) is 36.3 Å². The van der Waals surface area contributed by atoms with Crippen molar-refractivity contribution in [3.8, 4) is 0 Å². The summed E-state index contributed by atoms with van der Waals surface area (Å²) in [4.78, 5) is 2.76. The summed E-state index contributed by atoms with van der Waals surface area (Å²) < 4.78 is 0. The summed E-state index contributed by atoms with van der Waals surface area (Å²) in [5, 5.41) is 3.78. The van der Waals surface area contributed by atoms with Crippen LogP contribution < -0.4 is 5.32 Å². The van der Waals surface area contributed by atoms with Crippen molar-refractivity contribution in [2.45, 2.75) is 66.0 Å². The highest BCUT2D eigenvalue weighted by molar-refractivity contribution is 7.99. The Hall–Kier alpha value is 0.270. The van der Waals surface area contributed by atoms with Crippen molar-refractivity contribution in [2.75, 3.05) is 31.1 Å². The molecule has 1 saturated heterocycles. The zero-order chi connectivity index (χ0) is 14.3. The molecule has 0 saturated carbocycles. The van der Waals surface area contributed by atoms with Gasteiger partial charge in [-0.15, -0.1) is 0 Å². The maximum Gasteiger partial charge on any atom is 0.0244 e. The van der Waals surface area contributed by atoms with Gasteiger partial charge in [-0.2, -0.15) is 11.8 Å². The zero-order valence-corrected chi connectivity index (χ0v) is 14.5. The lowest BCUT2D eigenvalue weighted by molar-refractivity contribution is 0.0813. The fourth-order valence-electron chi connectivity index (χ4n) is 2.84. The molecule has 19 heavy (non-hydrogen) atoms. The number of thioether (sulfide) groups is 1. The van der Waals surface area contributed by atoms with E-state index in [9.17, 15) is 0 Å². The average Bonchev–Trinajstić information content (AvgIpc) is 2.35. The van der Waals surface area contributed by atoms with Gasteiger partial charge in [0.15, 0.2) is 0 Å². The Morgan fingerprint density at radius 3 is 2.58 bits per heavy atom. The molecule has 0 spiro atoms. The van der Waals surface area contributed by atoms with Gasteiger partial charge in [0.05, 0.1) is 0 Å². The molecule has 1 fully saturated rings. The normalized spacial score (nSPS) is 25.7. The second kappa shape index (κ2) is 8.53. The summed E-state index contributed by atoms with van der Waals surface area (Å²) in [7, 11) is 0. The molecule has 3 heteroatoms. The first-order chi connectivity index (χ1) is 8.99. The van der Waals surface area contributed by atoms with E-state index in [-0.39, 0.29) is 0 Å². The highest BCUT2D eigenvalue weighted by atomic mass is 32.2. The van der Waals surface area contributed by atoms with Crippen molar-refractivity contribution in [1.82, 2.24) is 10.2 Å². The smallest absolute Gasteiger partial charge is 0.0244 e. The van der Waals surface area contributed by atoms with E-state index in [0.717, 1.165) is 6.04 Å². The van der Waals surface area contributed by atoms with E-state index in [2.05, 4.69) is 56.6 Å². The summed E-state index contributed by atoms with van der Waals surface area (Å²) in [6.07, 6.45) is 3.98. The summed E-state index contributed by atoms with van der Waals surface area (Å²) in [5.41, 5.74) is 0.369. The third kappa shape index (κ3) is 6.05. The lowest BCUT2D eigenvalue weighted by Crippen LogP contribution is -2.60. The second-order valence-corrected chi connectivity index (χ2v) is 8.21. The maximum absolute atomic E-state index is 3.78. The summed E-state index contributed by atoms with van der Waals surface area (Å²) in [5.74, 6) is 2.57. The Kier molecular flexibility index (Phi) is 7.78. The molecule has 0 aliphatic carbocycles. The first kappa shape index (κ1) is 17.3. The number of nitrogens with one attached hydrogen (secondary N) is 1. The molecule has 1 heterocycles. The predicted molar refractivity (Wildman–Crippen MR) is 89.1 cm³/mol. The fourth-order valence-corrected chi connectivity index (χ4v) is 3.46. The van der Waals surface area contributed by atoms with Crippen molar-refractivity contribution >= 4 is 11.8 Å². The van der Waals surface area contributed by atoms with Crippen LogP contribution in [0.3, 0.4) is 0 Å². The first-order valence-electron chi connectivity index (χ1n) is 8.04. The third-order valence-electron chi connectivity index (χ3n) is 4.14. The Balaban J connectivity index is 2.48. The predicted octanol–water partition coefficient (Wildman–Crippen LogP) is 3.62. The number of rotatable bonds is 7. The third-order valence-corrected chi connectivity index (χ3v) is 5.12. The van der Waals surface area contributed by atoms with Crippen LogP contribution in [0, 0.1) is 5.41 Å². The largest absolute Gasteiger partial charge is 0.311 e. The molecule has 0 aromatic carbocycles. The van der Waals surface area contributed by atoms with Crippen LogP contribution in [0.1, 0.15) is 53.9 Å². The lowest BCUT2D eigenvalue weighted by Gasteiger charge is -2.45. The van der Waals surface area contributed by atoms with E-state index in [0.29, 0.717) is 11.5 Å². The van der Waals surface area contributed by atoms with Gasteiger partial charge in [0.1, 0.15) is 0 Å². The molecule has 2 unspecified atom stereocenters. The highest BCUT2D eigenvalue weighted by Crippen LogP contribution is 2.25. The van der Waals surface area contributed by atoms with Crippen molar-refractivity contribution in [3.05, 3.63) is 0 Å². The van der Waals surface area contributed by atoms with Gasteiger partial charge in [-0.25, -0.2) is 0 Å². The highest BCUT2D eigenvalue weighted by Gasteiger charge is 2.33. The van der Waals surface area contributed by atoms with Crippen LogP contribution in [-0.2, 0) is 0 Å². The van der Waals surface area contributed by atoms with Crippen molar-refractivity contribution in [2.24, 2.45) is 5.41 Å². The molecule has 0 bridgehead atoms. The van der Waals surface area contributed by atoms with Gasteiger partial charge < -0.3 is 5.32 Å². The number of hydrogen-bond acceptors (Lipinski definition) is 3. The Morgan fingerprint density at radius 2 is 2.00 bits per heavy atom. The standard InChI is InChI=1S/C16H34N2S/c1-6-9-14-12-17-15(16(3,4)5)13-18(14)10-8-11-19-7-2/h14-15,17H,6-13H2,1-5H3. The van der Waals surface area contributed by atoms with Crippen molar-refractivity contribution in [3.63, 3.8) is 0 Å². The van der Waals surface area contributed by atoms with Gasteiger partial charge in [0.25, 0.3) is 0 Å². The van der Waals surface area contributed by atoms with Crippen LogP contribution in [0.4, 0.5) is 0 Å². The van der Waals surface area contributed by atoms with Crippen LogP contribution in [0.15, 0.2) is 0 Å². The van der Waals surface area contributed by atoms with Gasteiger partial charge in [-0.3, -0.25) is 4.90 Å². The minimum absolute atomic E-state index is 0.369. The zero-order valence-electron chi connectivity index (χ0n) is 13.7. The van der Waals surface area contributed by atoms with Gasteiger partial charge >= 0.3 is 0 Å². The molecule has 0 aromatic heterocycles. The van der Waals surface area contributed by atoms with Crippen LogP contribution in [0.2, 0.25) is 0 Å². The monoisotopic (exact) mass is 286 g/mol. The van der Waals surface area contributed by atoms with Crippen molar-refractivity contribution in [1.29, 1.82) is 0 Å². The molecule has 0 amide bonds. The van der Waals surface area contributed by atoms with Crippen LogP contribution in [0.25, 0.3) is 0 Å². The minimum atomic E-state index is 0.369. The van der Waals surface area contributed by atoms with Crippen LogP contribution in [0.5, 0.6) is 0 Å². The molecule has 114 valence electrons. The molecule has 2 atom stereocenters. The number of nitrogens with zero attached hydrogens (tertiary/aromatic N) is 1. The molecular weight excluding hydrogens is 252 g/mol. The average molecular weight is 287 g/mol. The van der Waals surface area contributed by atoms with Crippen LogP contribution in [-0.4, -0.2) is 48.1 Å². The maximum atomic E-state index is 3.78. The number of hydrogen-bond donors (Lipinski definition) is 1. The van der Waals surface area contributed by atoms with E-state index in [1.807, 2.05) is 0 Å². The Labute approximate surface area is 125 Å². The molecular formula is C16H34N2S. The number of piperazine rings is 1. The second-order valence-electron chi connectivity index (χ2n) is 6.81. The molecule has 0 radical (unpaired) electrons. The molecule has 1 aliphatic heterocycles. The SMILES string of the molecule is CCCC1CNC(C(C)(C)C)CN1CCCSCC. The topological polar surface area (TPSA) is 15.3 Å². The minimum Gasteiger partial charge on any atom is -0.311 e. The van der Waals surface area contributed by atoms with Gasteiger partial charge in [0, 0.05) is 25.2 Å². The summed E-state index contributed by atoms with van der Waals surface area (Å²) >= 11 is 2.08. The molecule has 0 aromatic rings. The lowest BCUT2D eigenvalue weighted by atomic mass is 9.84. The Morgan fingerprint density at radius 1 is 1.26 bits per heavy atom. The molecule has 1 aliphatic rings. The first-order valence-corrected chi connectivity index (χ1v) is 9.19. The van der Waals surface area contributed by atoms with Gasteiger partial charge in [-0.1, -0.05) is 41.0 Å². The summed E-state index contributed by atoms with van der Waals surface area (Å²) in [6.45, 7) is 15.3. The van der Waals surface area contributed by atoms with Gasteiger partial charge in [0.2, 0.25) is 0 Å². The summed E-state index contributed by atoms with van der Waals surface area (Å²) in [6, 6.07) is 1.40. The van der Waals surface area contributed by atoms with E-state index in [1.54, 1.807) is 0 Å². The van der Waals surface area contributed by atoms with E-state index < -0.39 is 0 Å². The fraction of sp³-hybridized carbons (Fsp3) is 1.00. The van der Waals surface area contributed by atoms with Crippen LogP contribution >= 0.6 is 11.8 Å². The quantitative estimate of drug-likeness (QED) is 0.720. The van der Waals surface area contributed by atoms with E-state index in [4.69, 9.17) is 0 Å². The molecule has 1 rings (SSSR count). The molecule has 1 N–H and O–H groups in total. The van der Waals surface area contributed by atoms with E-state index >= 15 is 0 Å². The molecule has 2 nitrogen and oxygen atoms in total. The Bertz CT molecular complexity index is 237.